The fourth-order valence-corrected chi connectivity index (χ4v) is 3.44. The largest absolute Gasteiger partial charge is 0.397 e. The minimum atomic E-state index is -0.147. The van der Waals surface area contributed by atoms with Crippen LogP contribution in [0.3, 0.4) is 0 Å². The van der Waals surface area contributed by atoms with Crippen LogP contribution in [-0.2, 0) is 19.4 Å². The van der Waals surface area contributed by atoms with Gasteiger partial charge in [-0.2, -0.15) is 0 Å². The summed E-state index contributed by atoms with van der Waals surface area (Å²) < 4.78 is 1.84. The van der Waals surface area contributed by atoms with Crippen LogP contribution in [0.4, 0.5) is 10.8 Å². The molecule has 0 aromatic carbocycles. The SMILES string of the molecule is CCn1cc(N)cc1C(=O)Nc1nc2c(s1)CCC2. The molecule has 19 heavy (non-hydrogen) atoms. The van der Waals surface area contributed by atoms with Crippen molar-refractivity contribution >= 4 is 28.1 Å². The lowest BCUT2D eigenvalue weighted by Gasteiger charge is -2.05. The number of carbonyl (C=O) groups is 1. The predicted octanol–water partition coefficient (Wildman–Crippen LogP) is 2.29. The number of nitrogens with zero attached hydrogens (tertiary/aromatic N) is 2. The molecule has 0 fully saturated rings. The summed E-state index contributed by atoms with van der Waals surface area (Å²) >= 11 is 1.58. The molecule has 3 N–H and O–H groups in total. The maximum atomic E-state index is 12.2. The van der Waals surface area contributed by atoms with Gasteiger partial charge in [0.25, 0.3) is 5.91 Å². The number of fused-ring (bicyclic) bond motifs is 1. The van der Waals surface area contributed by atoms with Gasteiger partial charge in [-0.1, -0.05) is 0 Å². The van der Waals surface area contributed by atoms with Crippen LogP contribution in [0, 0.1) is 0 Å². The van der Waals surface area contributed by atoms with Crippen LogP contribution in [0.2, 0.25) is 0 Å². The van der Waals surface area contributed by atoms with E-state index in [1.807, 2.05) is 11.5 Å². The van der Waals surface area contributed by atoms with Crippen molar-refractivity contribution in [2.45, 2.75) is 32.7 Å². The van der Waals surface area contributed by atoms with Crippen molar-refractivity contribution in [1.82, 2.24) is 9.55 Å². The van der Waals surface area contributed by atoms with E-state index in [0.717, 1.165) is 18.5 Å². The molecule has 3 rings (SSSR count). The van der Waals surface area contributed by atoms with Crippen LogP contribution in [0.5, 0.6) is 0 Å². The second-order valence-electron chi connectivity index (χ2n) is 4.64. The van der Waals surface area contributed by atoms with Crippen LogP contribution in [0.1, 0.15) is 34.4 Å². The van der Waals surface area contributed by atoms with Gasteiger partial charge in [-0.05, 0) is 32.3 Å². The molecule has 1 aliphatic rings. The van der Waals surface area contributed by atoms with Crippen LogP contribution in [0.15, 0.2) is 12.3 Å². The molecule has 0 atom stereocenters. The molecule has 5 nitrogen and oxygen atoms in total. The van der Waals surface area contributed by atoms with Crippen molar-refractivity contribution in [1.29, 1.82) is 0 Å². The topological polar surface area (TPSA) is 72.9 Å². The number of thiazole rings is 1. The Bertz CT molecular complexity index is 607. The van der Waals surface area contributed by atoms with E-state index >= 15 is 0 Å². The Morgan fingerprint density at radius 3 is 3.16 bits per heavy atom. The third kappa shape index (κ3) is 2.23. The highest BCUT2D eigenvalue weighted by Crippen LogP contribution is 2.30. The Morgan fingerprint density at radius 2 is 2.42 bits per heavy atom. The van der Waals surface area contributed by atoms with Crippen molar-refractivity contribution in [2.24, 2.45) is 0 Å². The molecule has 100 valence electrons. The number of nitrogens with two attached hydrogens (primary N) is 1. The lowest BCUT2D eigenvalue weighted by molar-refractivity contribution is 0.101. The first kappa shape index (κ1) is 12.2. The third-order valence-corrected chi connectivity index (χ3v) is 4.38. The van der Waals surface area contributed by atoms with Crippen molar-refractivity contribution in [3.63, 3.8) is 0 Å². The molecule has 2 aromatic heterocycles. The minimum Gasteiger partial charge on any atom is -0.397 e. The quantitative estimate of drug-likeness (QED) is 0.903. The van der Waals surface area contributed by atoms with Gasteiger partial charge in [-0.3, -0.25) is 10.1 Å². The van der Waals surface area contributed by atoms with Gasteiger partial charge in [-0.15, -0.1) is 11.3 Å². The highest BCUT2D eigenvalue weighted by atomic mass is 32.1. The van der Waals surface area contributed by atoms with Gasteiger partial charge in [0.1, 0.15) is 5.69 Å². The first-order valence-corrected chi connectivity index (χ1v) is 7.24. The second kappa shape index (κ2) is 4.70. The standard InChI is InChI=1S/C13H16N4OS/c1-2-17-7-8(14)6-10(17)12(18)16-13-15-9-4-3-5-11(9)19-13/h6-7H,2-5,14H2,1H3,(H,15,16,18). The Hall–Kier alpha value is -1.82. The third-order valence-electron chi connectivity index (χ3n) is 3.31. The fraction of sp³-hybridized carbons (Fsp3) is 0.385. The van der Waals surface area contributed by atoms with E-state index in [-0.39, 0.29) is 5.91 Å². The van der Waals surface area contributed by atoms with Crippen LogP contribution in [0.25, 0.3) is 0 Å². The van der Waals surface area contributed by atoms with Gasteiger partial charge < -0.3 is 10.3 Å². The van der Waals surface area contributed by atoms with Crippen LogP contribution >= 0.6 is 11.3 Å². The van der Waals surface area contributed by atoms with E-state index in [1.165, 1.54) is 11.3 Å². The lowest BCUT2D eigenvalue weighted by Crippen LogP contribution is -2.16. The Balaban J connectivity index is 1.80. The summed E-state index contributed by atoms with van der Waals surface area (Å²) in [6.45, 7) is 2.70. The number of nitrogens with one attached hydrogen (secondary N) is 1. The zero-order valence-corrected chi connectivity index (χ0v) is 11.6. The van der Waals surface area contributed by atoms with Gasteiger partial charge in [0, 0.05) is 17.6 Å². The average Bonchev–Trinajstić information content (AvgIpc) is 3.02. The van der Waals surface area contributed by atoms with Crippen molar-refractivity contribution in [3.05, 3.63) is 28.5 Å². The maximum Gasteiger partial charge on any atom is 0.274 e. The minimum absolute atomic E-state index is 0.147. The fourth-order valence-electron chi connectivity index (χ4n) is 2.39. The molecule has 6 heteroatoms. The van der Waals surface area contributed by atoms with Gasteiger partial charge >= 0.3 is 0 Å². The molecule has 0 saturated heterocycles. The number of rotatable bonds is 3. The van der Waals surface area contributed by atoms with E-state index in [4.69, 9.17) is 5.73 Å². The molecule has 0 radical (unpaired) electrons. The Morgan fingerprint density at radius 1 is 1.58 bits per heavy atom. The smallest absolute Gasteiger partial charge is 0.274 e. The van der Waals surface area contributed by atoms with Crippen LogP contribution in [-0.4, -0.2) is 15.5 Å². The summed E-state index contributed by atoms with van der Waals surface area (Å²) in [6.07, 6.45) is 5.06. The van der Waals surface area contributed by atoms with E-state index in [0.29, 0.717) is 23.1 Å². The Labute approximate surface area is 115 Å². The summed E-state index contributed by atoms with van der Waals surface area (Å²) in [7, 11) is 0. The van der Waals surface area contributed by atoms with E-state index in [9.17, 15) is 4.79 Å². The molecule has 1 amide bonds. The average molecular weight is 276 g/mol. The molecule has 0 aliphatic heterocycles. The summed E-state index contributed by atoms with van der Waals surface area (Å²) in [6, 6.07) is 1.69. The molecule has 0 unspecified atom stereocenters. The number of anilines is 2. The van der Waals surface area contributed by atoms with Crippen molar-refractivity contribution < 1.29 is 4.79 Å². The normalized spacial score (nSPS) is 13.5. The molecule has 2 aromatic rings. The molecule has 0 saturated carbocycles. The molecular weight excluding hydrogens is 260 g/mol. The van der Waals surface area contributed by atoms with Gasteiger partial charge in [-0.25, -0.2) is 4.98 Å². The lowest BCUT2D eigenvalue weighted by atomic mass is 10.4. The van der Waals surface area contributed by atoms with Gasteiger partial charge in [0.15, 0.2) is 5.13 Å². The number of carbonyl (C=O) groups excluding carboxylic acids is 1. The van der Waals surface area contributed by atoms with Crippen LogP contribution < -0.4 is 11.1 Å². The monoisotopic (exact) mass is 276 g/mol. The predicted molar refractivity (Wildman–Crippen MR) is 76.6 cm³/mol. The van der Waals surface area contributed by atoms with E-state index in [2.05, 4.69) is 10.3 Å². The Kier molecular flexibility index (Phi) is 3.02. The maximum absolute atomic E-state index is 12.2. The number of amides is 1. The molecule has 2 heterocycles. The number of hydrogen-bond donors (Lipinski definition) is 2. The second-order valence-corrected chi connectivity index (χ2v) is 5.72. The van der Waals surface area contributed by atoms with E-state index < -0.39 is 0 Å². The van der Waals surface area contributed by atoms with Crippen molar-refractivity contribution in [3.8, 4) is 0 Å². The summed E-state index contributed by atoms with van der Waals surface area (Å²) in [5, 5.41) is 3.56. The number of aryl methyl sites for hydroxylation is 3. The number of nitrogen functional groups attached to an aromatic ring is 1. The zero-order valence-electron chi connectivity index (χ0n) is 10.8. The summed E-state index contributed by atoms with van der Waals surface area (Å²) in [4.78, 5) is 18.0. The highest BCUT2D eigenvalue weighted by molar-refractivity contribution is 7.15. The molecule has 0 bridgehead atoms. The first-order valence-electron chi connectivity index (χ1n) is 6.43. The number of hydrogen-bond acceptors (Lipinski definition) is 4. The molecular formula is C13H16N4OS. The van der Waals surface area contributed by atoms with Crippen molar-refractivity contribution in [2.75, 3.05) is 11.1 Å². The first-order chi connectivity index (χ1) is 9.17. The highest BCUT2D eigenvalue weighted by Gasteiger charge is 2.19. The molecule has 0 spiro atoms. The summed E-state index contributed by atoms with van der Waals surface area (Å²) in [5.41, 5.74) is 8.06. The number of aromatic nitrogens is 2. The van der Waals surface area contributed by atoms with Gasteiger partial charge in [0.2, 0.25) is 0 Å². The molecule has 1 aliphatic carbocycles. The van der Waals surface area contributed by atoms with Gasteiger partial charge in [0.05, 0.1) is 11.4 Å². The zero-order chi connectivity index (χ0) is 13.4. The van der Waals surface area contributed by atoms with E-state index in [1.54, 1.807) is 23.6 Å². The summed E-state index contributed by atoms with van der Waals surface area (Å²) in [5.74, 6) is -0.147.